The van der Waals surface area contributed by atoms with Crippen molar-refractivity contribution in [1.82, 2.24) is 5.43 Å². The van der Waals surface area contributed by atoms with Gasteiger partial charge in [0, 0.05) is 5.69 Å². The Bertz CT molecular complexity index is 750. The summed E-state index contributed by atoms with van der Waals surface area (Å²) in [6.45, 7) is 5.84. The minimum atomic E-state index is -0.836. The Morgan fingerprint density at radius 1 is 1.00 bits per heavy atom. The van der Waals surface area contributed by atoms with Crippen LogP contribution in [0.15, 0.2) is 53.6 Å². The molecule has 0 saturated carbocycles. The highest BCUT2D eigenvalue weighted by atomic mass is 16.5. The molecule has 0 aliphatic heterocycles. The van der Waals surface area contributed by atoms with Crippen molar-refractivity contribution in [3.8, 4) is 5.75 Å². The SMILES string of the molecule is Cc1ccc(NC(=O)C(=O)N/N=C\c2ccc(OC(C)C)cc2)cc1. The highest BCUT2D eigenvalue weighted by molar-refractivity contribution is 6.39. The first kappa shape index (κ1) is 18.2. The van der Waals surface area contributed by atoms with Gasteiger partial charge in [0.05, 0.1) is 12.3 Å². The molecule has 0 aliphatic rings. The second-order valence-corrected chi connectivity index (χ2v) is 5.75. The number of aryl methyl sites for hydroxylation is 1. The van der Waals surface area contributed by atoms with Gasteiger partial charge in [-0.2, -0.15) is 5.10 Å². The van der Waals surface area contributed by atoms with Crippen LogP contribution in [0.4, 0.5) is 5.69 Å². The summed E-state index contributed by atoms with van der Waals surface area (Å²) in [6, 6.07) is 14.4. The smallest absolute Gasteiger partial charge is 0.329 e. The van der Waals surface area contributed by atoms with Crippen LogP contribution in [0, 0.1) is 6.92 Å². The molecule has 2 aromatic rings. The van der Waals surface area contributed by atoms with Crippen molar-refractivity contribution in [1.29, 1.82) is 0 Å². The third-order valence-corrected chi connectivity index (χ3v) is 3.15. The molecule has 0 radical (unpaired) electrons. The zero-order valence-electron chi connectivity index (χ0n) is 14.4. The number of amides is 2. The number of carbonyl (C=O) groups excluding carboxylic acids is 2. The van der Waals surface area contributed by atoms with Gasteiger partial charge in [-0.05, 0) is 62.7 Å². The maximum Gasteiger partial charge on any atom is 0.329 e. The lowest BCUT2D eigenvalue weighted by Gasteiger charge is -2.09. The third-order valence-electron chi connectivity index (χ3n) is 3.15. The van der Waals surface area contributed by atoms with Gasteiger partial charge < -0.3 is 10.1 Å². The Morgan fingerprint density at radius 3 is 2.24 bits per heavy atom. The quantitative estimate of drug-likeness (QED) is 0.499. The van der Waals surface area contributed by atoms with Gasteiger partial charge in [-0.25, -0.2) is 5.43 Å². The van der Waals surface area contributed by atoms with Gasteiger partial charge in [0.25, 0.3) is 0 Å². The molecule has 2 N–H and O–H groups in total. The minimum absolute atomic E-state index is 0.103. The fourth-order valence-corrected chi connectivity index (χ4v) is 1.95. The molecule has 6 nitrogen and oxygen atoms in total. The van der Waals surface area contributed by atoms with Crippen LogP contribution in [0.3, 0.4) is 0 Å². The molecule has 2 rings (SSSR count). The van der Waals surface area contributed by atoms with E-state index in [9.17, 15) is 9.59 Å². The molecule has 0 aromatic heterocycles. The molecule has 2 aromatic carbocycles. The van der Waals surface area contributed by atoms with E-state index in [2.05, 4.69) is 15.8 Å². The van der Waals surface area contributed by atoms with Gasteiger partial charge in [-0.3, -0.25) is 9.59 Å². The molecule has 0 saturated heterocycles. The van der Waals surface area contributed by atoms with E-state index in [1.54, 1.807) is 24.3 Å². The van der Waals surface area contributed by atoms with E-state index in [0.29, 0.717) is 5.69 Å². The number of nitrogens with one attached hydrogen (secondary N) is 2. The van der Waals surface area contributed by atoms with Crippen molar-refractivity contribution in [3.63, 3.8) is 0 Å². The van der Waals surface area contributed by atoms with Crippen molar-refractivity contribution in [2.75, 3.05) is 5.32 Å². The van der Waals surface area contributed by atoms with Gasteiger partial charge in [0.15, 0.2) is 0 Å². The molecule has 130 valence electrons. The monoisotopic (exact) mass is 339 g/mol. The van der Waals surface area contributed by atoms with Gasteiger partial charge in [-0.1, -0.05) is 17.7 Å². The number of nitrogens with zero attached hydrogens (tertiary/aromatic N) is 1. The summed E-state index contributed by atoms with van der Waals surface area (Å²) < 4.78 is 5.54. The van der Waals surface area contributed by atoms with E-state index in [1.807, 2.05) is 45.0 Å². The minimum Gasteiger partial charge on any atom is -0.491 e. The lowest BCUT2D eigenvalue weighted by molar-refractivity contribution is -0.136. The molecular weight excluding hydrogens is 318 g/mol. The van der Waals surface area contributed by atoms with Crippen LogP contribution in [0.1, 0.15) is 25.0 Å². The molecule has 0 spiro atoms. The Morgan fingerprint density at radius 2 is 1.64 bits per heavy atom. The molecule has 0 aliphatic carbocycles. The Kier molecular flexibility index (Phi) is 6.28. The number of hydrogen-bond acceptors (Lipinski definition) is 4. The Labute approximate surface area is 146 Å². The molecule has 2 amide bonds. The second kappa shape index (κ2) is 8.63. The third kappa shape index (κ3) is 6.10. The first-order chi connectivity index (χ1) is 11.9. The fraction of sp³-hybridized carbons (Fsp3) is 0.211. The van der Waals surface area contributed by atoms with E-state index in [-0.39, 0.29) is 6.10 Å². The predicted molar refractivity (Wildman–Crippen MR) is 97.8 cm³/mol. The Balaban J connectivity index is 1.84. The van der Waals surface area contributed by atoms with Crippen molar-refractivity contribution < 1.29 is 14.3 Å². The molecule has 0 bridgehead atoms. The molecule has 0 unspecified atom stereocenters. The summed E-state index contributed by atoms with van der Waals surface area (Å²) in [7, 11) is 0. The molecule has 0 heterocycles. The van der Waals surface area contributed by atoms with Crippen LogP contribution < -0.4 is 15.5 Å². The lowest BCUT2D eigenvalue weighted by atomic mass is 10.2. The molecule has 0 fully saturated rings. The Hall–Kier alpha value is -3.15. The first-order valence-corrected chi connectivity index (χ1v) is 7.92. The highest BCUT2D eigenvalue weighted by Crippen LogP contribution is 2.12. The number of hydrazone groups is 1. The zero-order chi connectivity index (χ0) is 18.2. The number of rotatable bonds is 5. The fourth-order valence-electron chi connectivity index (χ4n) is 1.95. The summed E-state index contributed by atoms with van der Waals surface area (Å²) in [5, 5.41) is 6.28. The lowest BCUT2D eigenvalue weighted by Crippen LogP contribution is -2.32. The maximum atomic E-state index is 11.8. The van der Waals surface area contributed by atoms with E-state index < -0.39 is 11.8 Å². The van der Waals surface area contributed by atoms with Crippen LogP contribution in [0.2, 0.25) is 0 Å². The molecule has 6 heteroatoms. The molecular formula is C19H21N3O3. The topological polar surface area (TPSA) is 79.8 Å². The average Bonchev–Trinajstić information content (AvgIpc) is 2.58. The van der Waals surface area contributed by atoms with Crippen LogP contribution in [0.5, 0.6) is 5.75 Å². The number of carbonyl (C=O) groups is 2. The number of hydrogen-bond donors (Lipinski definition) is 2. The zero-order valence-corrected chi connectivity index (χ0v) is 14.4. The summed E-state index contributed by atoms with van der Waals surface area (Å²) in [6.07, 6.45) is 1.56. The number of ether oxygens (including phenoxy) is 1. The van der Waals surface area contributed by atoms with Crippen molar-refractivity contribution >= 4 is 23.7 Å². The number of benzene rings is 2. The first-order valence-electron chi connectivity index (χ1n) is 7.92. The largest absolute Gasteiger partial charge is 0.491 e. The van der Waals surface area contributed by atoms with Crippen molar-refractivity contribution in [2.45, 2.75) is 26.9 Å². The maximum absolute atomic E-state index is 11.8. The molecule has 25 heavy (non-hydrogen) atoms. The second-order valence-electron chi connectivity index (χ2n) is 5.75. The van der Waals surface area contributed by atoms with Crippen LogP contribution in [-0.2, 0) is 9.59 Å². The van der Waals surface area contributed by atoms with Gasteiger partial charge >= 0.3 is 11.8 Å². The highest BCUT2D eigenvalue weighted by Gasteiger charge is 2.12. The van der Waals surface area contributed by atoms with Crippen LogP contribution in [0.25, 0.3) is 0 Å². The normalized spacial score (nSPS) is 10.7. The van der Waals surface area contributed by atoms with E-state index in [4.69, 9.17) is 4.74 Å². The summed E-state index contributed by atoms with van der Waals surface area (Å²) in [4.78, 5) is 23.5. The molecule has 0 atom stereocenters. The van der Waals surface area contributed by atoms with Crippen LogP contribution >= 0.6 is 0 Å². The summed E-state index contributed by atoms with van der Waals surface area (Å²) in [5.41, 5.74) is 4.59. The van der Waals surface area contributed by atoms with E-state index in [0.717, 1.165) is 16.9 Å². The van der Waals surface area contributed by atoms with E-state index >= 15 is 0 Å². The van der Waals surface area contributed by atoms with E-state index in [1.165, 1.54) is 6.21 Å². The van der Waals surface area contributed by atoms with Crippen molar-refractivity contribution in [2.24, 2.45) is 5.10 Å². The predicted octanol–water partition coefficient (Wildman–Crippen LogP) is 2.87. The standard InChI is InChI=1S/C19H21N3O3/c1-13(2)25-17-10-6-15(7-11-17)12-20-22-19(24)18(23)21-16-8-4-14(3)5-9-16/h4-13H,1-3H3,(H,21,23)(H,22,24)/b20-12-. The van der Waals surface area contributed by atoms with Crippen LogP contribution in [-0.4, -0.2) is 24.1 Å². The van der Waals surface area contributed by atoms with Crippen molar-refractivity contribution in [3.05, 3.63) is 59.7 Å². The summed E-state index contributed by atoms with van der Waals surface area (Å²) >= 11 is 0. The summed E-state index contributed by atoms with van der Waals surface area (Å²) in [5.74, 6) is -0.855. The van der Waals surface area contributed by atoms with Gasteiger partial charge in [-0.15, -0.1) is 0 Å². The van der Waals surface area contributed by atoms with Gasteiger partial charge in [0.2, 0.25) is 0 Å². The van der Waals surface area contributed by atoms with Gasteiger partial charge in [0.1, 0.15) is 5.75 Å². The average molecular weight is 339 g/mol. The number of anilines is 1.